The van der Waals surface area contributed by atoms with Crippen LogP contribution in [0.2, 0.25) is 0 Å². The van der Waals surface area contributed by atoms with Crippen molar-refractivity contribution in [2.24, 2.45) is 5.41 Å². The summed E-state index contributed by atoms with van der Waals surface area (Å²) in [6.45, 7) is 12.0. The van der Waals surface area contributed by atoms with Gasteiger partial charge in [-0.1, -0.05) is 46.8 Å². The molecule has 1 unspecified atom stereocenters. The Balaban J connectivity index is 2.50. The minimum Gasteiger partial charge on any atom is -0.494 e. The van der Waals surface area contributed by atoms with E-state index in [1.165, 1.54) is 5.56 Å². The second-order valence-corrected chi connectivity index (χ2v) is 8.78. The summed E-state index contributed by atoms with van der Waals surface area (Å²) in [4.78, 5) is 0. The van der Waals surface area contributed by atoms with Crippen LogP contribution < -0.4 is 4.74 Å². The van der Waals surface area contributed by atoms with Crippen LogP contribution in [0.3, 0.4) is 0 Å². The predicted molar refractivity (Wildman–Crippen MR) is 93.9 cm³/mol. The molecule has 1 atom stereocenters. The lowest BCUT2D eigenvalue weighted by molar-refractivity contribution is 0.283. The molecule has 1 aromatic carbocycles. The quantitative estimate of drug-likeness (QED) is 0.552. The van der Waals surface area contributed by atoms with Gasteiger partial charge in [0.05, 0.1) is 6.61 Å². The number of hydrogen-bond donors (Lipinski definition) is 1. The maximum Gasteiger partial charge on any atom is 0.152 e. The zero-order valence-electron chi connectivity index (χ0n) is 14.5. The third kappa shape index (κ3) is 7.41. The number of rotatable bonds is 8. The maximum atomic E-state index is 10.5. The van der Waals surface area contributed by atoms with Gasteiger partial charge in [0.15, 0.2) is 11.1 Å². The van der Waals surface area contributed by atoms with E-state index < -0.39 is 11.1 Å². The Morgan fingerprint density at radius 2 is 1.64 bits per heavy atom. The second-order valence-electron chi connectivity index (χ2n) is 7.73. The third-order valence-electron chi connectivity index (χ3n) is 3.59. The topological polar surface area (TPSA) is 46.5 Å². The molecule has 0 aliphatic carbocycles. The fourth-order valence-corrected chi connectivity index (χ4v) is 3.40. The van der Waals surface area contributed by atoms with E-state index in [2.05, 4.69) is 46.8 Å². The van der Waals surface area contributed by atoms with Crippen LogP contribution in [0.15, 0.2) is 24.3 Å². The van der Waals surface area contributed by atoms with Gasteiger partial charge in [-0.05, 0) is 47.8 Å². The molecule has 0 bridgehead atoms. The summed E-state index contributed by atoms with van der Waals surface area (Å²) in [5.41, 5.74) is 1.76. The van der Waals surface area contributed by atoms with E-state index in [-0.39, 0.29) is 5.41 Å². The van der Waals surface area contributed by atoms with Crippen LogP contribution >= 0.6 is 0 Å². The standard InChI is InChI=1S/C18H30O3S/c1-17(2,3)14-18(4,5)15-8-10-16(11-9-15)21-12-6-7-13-22(19)20/h8-11H,6-7,12-14H2,1-5H3,(H,19,20). The summed E-state index contributed by atoms with van der Waals surface area (Å²) < 4.78 is 24.9. The van der Waals surface area contributed by atoms with Crippen LogP contribution in [0.25, 0.3) is 0 Å². The van der Waals surface area contributed by atoms with Gasteiger partial charge >= 0.3 is 0 Å². The number of hydrogen-bond acceptors (Lipinski definition) is 2. The van der Waals surface area contributed by atoms with Crippen molar-refractivity contribution in [3.05, 3.63) is 29.8 Å². The molecule has 0 radical (unpaired) electrons. The van der Waals surface area contributed by atoms with Gasteiger partial charge in [-0.15, -0.1) is 0 Å². The number of benzene rings is 1. The first-order valence-corrected chi connectivity index (χ1v) is 9.19. The first kappa shape index (κ1) is 19.2. The maximum absolute atomic E-state index is 10.5. The zero-order chi connectivity index (χ0) is 16.8. The molecule has 1 rings (SSSR count). The van der Waals surface area contributed by atoms with Crippen LogP contribution in [0.4, 0.5) is 0 Å². The van der Waals surface area contributed by atoms with E-state index in [4.69, 9.17) is 9.29 Å². The molecule has 22 heavy (non-hydrogen) atoms. The number of ether oxygens (including phenoxy) is 1. The van der Waals surface area contributed by atoms with Gasteiger partial charge in [-0.3, -0.25) is 0 Å². The average Bonchev–Trinajstić information content (AvgIpc) is 2.35. The lowest BCUT2D eigenvalue weighted by atomic mass is 9.72. The first-order chi connectivity index (χ1) is 10.1. The molecule has 0 heterocycles. The van der Waals surface area contributed by atoms with E-state index in [0.717, 1.165) is 18.6 Å². The summed E-state index contributed by atoms with van der Waals surface area (Å²) in [6.07, 6.45) is 2.63. The molecule has 4 heteroatoms. The highest BCUT2D eigenvalue weighted by atomic mass is 32.2. The average molecular weight is 327 g/mol. The van der Waals surface area contributed by atoms with Crippen molar-refractivity contribution >= 4 is 11.1 Å². The Bertz CT molecular complexity index is 472. The highest BCUT2D eigenvalue weighted by molar-refractivity contribution is 7.79. The second kappa shape index (κ2) is 8.11. The van der Waals surface area contributed by atoms with Crippen LogP contribution in [0.5, 0.6) is 5.75 Å². The highest BCUT2D eigenvalue weighted by Crippen LogP contribution is 2.36. The molecule has 1 aromatic rings. The van der Waals surface area contributed by atoms with Crippen molar-refractivity contribution in [3.8, 4) is 5.75 Å². The molecule has 0 spiro atoms. The number of unbranched alkanes of at least 4 members (excludes halogenated alkanes) is 1. The highest BCUT2D eigenvalue weighted by Gasteiger charge is 2.27. The first-order valence-electron chi connectivity index (χ1n) is 7.91. The van der Waals surface area contributed by atoms with Gasteiger partial charge in [0.2, 0.25) is 0 Å². The fourth-order valence-electron chi connectivity index (χ4n) is 2.95. The van der Waals surface area contributed by atoms with E-state index in [1.807, 2.05) is 12.1 Å². The molecule has 126 valence electrons. The van der Waals surface area contributed by atoms with Gasteiger partial charge in [-0.25, -0.2) is 4.21 Å². The molecule has 0 aliphatic heterocycles. The summed E-state index contributed by atoms with van der Waals surface area (Å²) in [6, 6.07) is 8.32. The molecule has 0 amide bonds. The minimum absolute atomic E-state index is 0.141. The smallest absolute Gasteiger partial charge is 0.152 e. The summed E-state index contributed by atoms with van der Waals surface area (Å²) in [5, 5.41) is 0. The van der Waals surface area contributed by atoms with Crippen molar-refractivity contribution in [1.29, 1.82) is 0 Å². The van der Waals surface area contributed by atoms with Gasteiger partial charge in [-0.2, -0.15) is 0 Å². The molecule has 0 saturated heterocycles. The Morgan fingerprint density at radius 3 is 2.14 bits per heavy atom. The van der Waals surface area contributed by atoms with Crippen molar-refractivity contribution in [2.75, 3.05) is 12.4 Å². The van der Waals surface area contributed by atoms with Crippen LogP contribution in [0, 0.1) is 5.41 Å². The summed E-state index contributed by atoms with van der Waals surface area (Å²) >= 11 is -1.69. The van der Waals surface area contributed by atoms with Gasteiger partial charge in [0.1, 0.15) is 5.75 Å². The Hall–Kier alpha value is -0.870. The summed E-state index contributed by atoms with van der Waals surface area (Å²) in [5.74, 6) is 1.18. The Labute approximate surface area is 137 Å². The molecule has 0 fully saturated rings. The minimum atomic E-state index is -1.69. The molecule has 3 nitrogen and oxygen atoms in total. The Morgan fingerprint density at radius 1 is 1.05 bits per heavy atom. The molecule has 0 aromatic heterocycles. The normalized spacial score (nSPS) is 13.9. The molecule has 0 aliphatic rings. The lowest BCUT2D eigenvalue weighted by Crippen LogP contribution is -2.24. The van der Waals surface area contributed by atoms with Crippen molar-refractivity contribution in [2.45, 2.75) is 59.3 Å². The fraction of sp³-hybridized carbons (Fsp3) is 0.667. The molecular weight excluding hydrogens is 296 g/mol. The summed E-state index contributed by atoms with van der Waals surface area (Å²) in [7, 11) is 0. The predicted octanol–water partition coefficient (Wildman–Crippen LogP) is 4.78. The van der Waals surface area contributed by atoms with E-state index >= 15 is 0 Å². The largest absolute Gasteiger partial charge is 0.494 e. The van der Waals surface area contributed by atoms with E-state index in [9.17, 15) is 4.21 Å². The molecular formula is C18H30O3S. The van der Waals surface area contributed by atoms with Crippen LogP contribution in [0.1, 0.15) is 59.4 Å². The van der Waals surface area contributed by atoms with E-state index in [0.29, 0.717) is 24.2 Å². The Kier molecular flexibility index (Phi) is 7.07. The third-order valence-corrected chi connectivity index (χ3v) is 4.23. The monoisotopic (exact) mass is 326 g/mol. The van der Waals surface area contributed by atoms with Gasteiger partial charge in [0, 0.05) is 5.75 Å². The lowest BCUT2D eigenvalue weighted by Gasteiger charge is -2.33. The van der Waals surface area contributed by atoms with Gasteiger partial charge < -0.3 is 9.29 Å². The van der Waals surface area contributed by atoms with Crippen LogP contribution in [-0.2, 0) is 16.5 Å². The molecule has 1 N–H and O–H groups in total. The SMILES string of the molecule is CC(C)(C)CC(C)(C)c1ccc(OCCCCS(=O)O)cc1. The zero-order valence-corrected chi connectivity index (χ0v) is 15.3. The van der Waals surface area contributed by atoms with Crippen molar-refractivity contribution in [1.82, 2.24) is 0 Å². The van der Waals surface area contributed by atoms with Crippen molar-refractivity contribution in [3.63, 3.8) is 0 Å². The van der Waals surface area contributed by atoms with E-state index in [1.54, 1.807) is 0 Å². The van der Waals surface area contributed by atoms with Crippen LogP contribution in [-0.4, -0.2) is 21.1 Å². The van der Waals surface area contributed by atoms with Gasteiger partial charge in [0.25, 0.3) is 0 Å². The molecule has 0 saturated carbocycles. The van der Waals surface area contributed by atoms with Crippen molar-refractivity contribution < 1.29 is 13.5 Å².